The molecular weight excluding hydrogens is 368 g/mol. The summed E-state index contributed by atoms with van der Waals surface area (Å²) in [5.41, 5.74) is 0.381. The summed E-state index contributed by atoms with van der Waals surface area (Å²) in [6.07, 6.45) is 1.56. The fourth-order valence-corrected chi connectivity index (χ4v) is 3.18. The number of amides is 2. The van der Waals surface area contributed by atoms with Gasteiger partial charge in [0, 0.05) is 12.1 Å². The van der Waals surface area contributed by atoms with Gasteiger partial charge in [0.1, 0.15) is 5.75 Å². The molecule has 9 heteroatoms. The predicted octanol–water partition coefficient (Wildman–Crippen LogP) is 2.62. The fraction of sp³-hybridized carbons (Fsp3) is 0.222. The molecule has 2 aromatic heterocycles. The number of methoxy groups -OCH3 is 1. The largest absolute Gasteiger partial charge is 0.497 e. The maximum atomic E-state index is 12.1. The molecule has 3 aromatic rings. The second-order valence-corrected chi connectivity index (χ2v) is 6.36. The van der Waals surface area contributed by atoms with E-state index in [0.29, 0.717) is 34.6 Å². The molecule has 8 nitrogen and oxygen atoms in total. The first-order valence-corrected chi connectivity index (χ1v) is 9.19. The lowest BCUT2D eigenvalue weighted by atomic mass is 10.2. The molecule has 1 aromatic carbocycles. The number of thioether (sulfide) groups is 1. The van der Waals surface area contributed by atoms with Crippen molar-refractivity contribution in [1.29, 1.82) is 0 Å². The van der Waals surface area contributed by atoms with E-state index in [1.165, 1.54) is 11.8 Å². The number of imide groups is 1. The van der Waals surface area contributed by atoms with E-state index in [-0.39, 0.29) is 5.75 Å². The first kappa shape index (κ1) is 18.7. The summed E-state index contributed by atoms with van der Waals surface area (Å²) in [5.74, 6) is 1.01. The third-order valence-corrected chi connectivity index (χ3v) is 4.68. The summed E-state index contributed by atoms with van der Waals surface area (Å²) < 4.78 is 12.2. The molecule has 140 valence electrons. The van der Waals surface area contributed by atoms with Gasteiger partial charge >= 0.3 is 0 Å². The molecule has 0 aliphatic heterocycles. The number of ether oxygens (including phenoxy) is 1. The van der Waals surface area contributed by atoms with Gasteiger partial charge < -0.3 is 9.15 Å². The van der Waals surface area contributed by atoms with Crippen LogP contribution in [0.3, 0.4) is 0 Å². The Morgan fingerprint density at radius 2 is 2.00 bits per heavy atom. The van der Waals surface area contributed by atoms with Crippen LogP contribution in [0.25, 0.3) is 11.6 Å². The predicted molar refractivity (Wildman–Crippen MR) is 99.6 cm³/mol. The molecule has 3 rings (SSSR count). The monoisotopic (exact) mass is 386 g/mol. The quantitative estimate of drug-likeness (QED) is 0.623. The second-order valence-electron chi connectivity index (χ2n) is 5.42. The fourth-order valence-electron chi connectivity index (χ4n) is 2.38. The van der Waals surface area contributed by atoms with Crippen LogP contribution in [0.4, 0.5) is 0 Å². The highest BCUT2D eigenvalue weighted by Gasteiger charge is 2.17. The van der Waals surface area contributed by atoms with Gasteiger partial charge in [-0.15, -0.1) is 10.2 Å². The Morgan fingerprint density at radius 3 is 2.63 bits per heavy atom. The molecule has 27 heavy (non-hydrogen) atoms. The lowest BCUT2D eigenvalue weighted by Crippen LogP contribution is -2.31. The van der Waals surface area contributed by atoms with Gasteiger partial charge in [0.2, 0.25) is 5.91 Å². The third-order valence-electron chi connectivity index (χ3n) is 3.71. The standard InChI is InChI=1S/C18H18N4O4S/c1-3-22-16(14-5-4-10-26-14)20-21-18(22)27-11-15(23)19-17(24)12-6-8-13(25-2)9-7-12/h4-10H,3,11H2,1-2H3,(H,19,23,24). The zero-order valence-corrected chi connectivity index (χ0v) is 15.7. The molecule has 0 fully saturated rings. The summed E-state index contributed by atoms with van der Waals surface area (Å²) in [6.45, 7) is 2.57. The van der Waals surface area contributed by atoms with E-state index in [1.54, 1.807) is 49.8 Å². The highest BCUT2D eigenvalue weighted by Crippen LogP contribution is 2.24. The van der Waals surface area contributed by atoms with Crippen molar-refractivity contribution in [2.24, 2.45) is 0 Å². The number of carbonyl (C=O) groups is 2. The van der Waals surface area contributed by atoms with Crippen molar-refractivity contribution < 1.29 is 18.7 Å². The molecule has 0 radical (unpaired) electrons. The van der Waals surface area contributed by atoms with Gasteiger partial charge in [-0.3, -0.25) is 19.5 Å². The van der Waals surface area contributed by atoms with Crippen LogP contribution in [0, 0.1) is 0 Å². The van der Waals surface area contributed by atoms with Gasteiger partial charge in [0.05, 0.1) is 19.1 Å². The van der Waals surface area contributed by atoms with Crippen molar-refractivity contribution in [3.05, 3.63) is 48.2 Å². The van der Waals surface area contributed by atoms with Crippen LogP contribution >= 0.6 is 11.8 Å². The SMILES string of the molecule is CCn1c(SCC(=O)NC(=O)c2ccc(OC)cc2)nnc1-c1ccco1. The van der Waals surface area contributed by atoms with Crippen LogP contribution in [0.1, 0.15) is 17.3 Å². The number of hydrogen-bond acceptors (Lipinski definition) is 7. The van der Waals surface area contributed by atoms with E-state index >= 15 is 0 Å². The van der Waals surface area contributed by atoms with Gasteiger partial charge in [0.25, 0.3) is 5.91 Å². The first-order valence-electron chi connectivity index (χ1n) is 8.20. The molecule has 0 atom stereocenters. The lowest BCUT2D eigenvalue weighted by molar-refractivity contribution is -0.117. The number of nitrogens with one attached hydrogen (secondary N) is 1. The Balaban J connectivity index is 1.59. The van der Waals surface area contributed by atoms with Crippen LogP contribution < -0.4 is 10.1 Å². The molecule has 0 unspecified atom stereocenters. The average molecular weight is 386 g/mol. The van der Waals surface area contributed by atoms with Crippen LogP contribution in [0.15, 0.2) is 52.2 Å². The number of carbonyl (C=O) groups excluding carboxylic acids is 2. The summed E-state index contributed by atoms with van der Waals surface area (Å²) in [4.78, 5) is 24.2. The topological polar surface area (TPSA) is 99.2 Å². The smallest absolute Gasteiger partial charge is 0.257 e. The molecule has 0 spiro atoms. The van der Waals surface area contributed by atoms with Crippen LogP contribution in [-0.4, -0.2) is 39.4 Å². The minimum atomic E-state index is -0.462. The van der Waals surface area contributed by atoms with Crippen LogP contribution in [0.5, 0.6) is 5.75 Å². The van der Waals surface area contributed by atoms with E-state index in [4.69, 9.17) is 9.15 Å². The minimum Gasteiger partial charge on any atom is -0.497 e. The molecule has 0 saturated carbocycles. The van der Waals surface area contributed by atoms with E-state index in [9.17, 15) is 9.59 Å². The van der Waals surface area contributed by atoms with Gasteiger partial charge in [0.15, 0.2) is 16.7 Å². The van der Waals surface area contributed by atoms with Crippen molar-refractivity contribution in [2.75, 3.05) is 12.9 Å². The summed E-state index contributed by atoms with van der Waals surface area (Å²) in [7, 11) is 1.54. The molecule has 0 aliphatic rings. The first-order chi connectivity index (χ1) is 13.1. The maximum Gasteiger partial charge on any atom is 0.257 e. The number of furan rings is 1. The number of aromatic nitrogens is 3. The molecule has 0 bridgehead atoms. The highest BCUT2D eigenvalue weighted by molar-refractivity contribution is 7.99. The Hall–Kier alpha value is -3.07. The lowest BCUT2D eigenvalue weighted by Gasteiger charge is -2.07. The van der Waals surface area contributed by atoms with Gasteiger partial charge in [-0.1, -0.05) is 11.8 Å². The van der Waals surface area contributed by atoms with Crippen molar-refractivity contribution in [2.45, 2.75) is 18.6 Å². The van der Waals surface area contributed by atoms with Gasteiger partial charge in [-0.2, -0.15) is 0 Å². The second kappa shape index (κ2) is 8.54. The Labute approximate surface area is 159 Å². The molecule has 1 N–H and O–H groups in total. The normalized spacial score (nSPS) is 10.6. The number of nitrogens with zero attached hydrogens (tertiary/aromatic N) is 3. The van der Waals surface area contributed by atoms with Crippen molar-refractivity contribution in [3.63, 3.8) is 0 Å². The minimum absolute atomic E-state index is 0.0399. The van der Waals surface area contributed by atoms with E-state index in [0.717, 1.165) is 0 Å². The number of benzene rings is 1. The van der Waals surface area contributed by atoms with Crippen LogP contribution in [-0.2, 0) is 11.3 Å². The summed E-state index contributed by atoms with van der Waals surface area (Å²) in [5, 5.41) is 11.2. The van der Waals surface area contributed by atoms with E-state index in [1.807, 2.05) is 11.5 Å². The van der Waals surface area contributed by atoms with E-state index < -0.39 is 11.8 Å². The van der Waals surface area contributed by atoms with Crippen molar-refractivity contribution >= 4 is 23.6 Å². The zero-order valence-electron chi connectivity index (χ0n) is 14.8. The Bertz CT molecular complexity index is 920. The van der Waals surface area contributed by atoms with Gasteiger partial charge in [-0.05, 0) is 43.3 Å². The Morgan fingerprint density at radius 1 is 1.22 bits per heavy atom. The van der Waals surface area contributed by atoms with Crippen molar-refractivity contribution in [3.8, 4) is 17.3 Å². The van der Waals surface area contributed by atoms with E-state index in [2.05, 4.69) is 15.5 Å². The highest BCUT2D eigenvalue weighted by atomic mass is 32.2. The molecule has 2 heterocycles. The number of hydrogen-bond donors (Lipinski definition) is 1. The maximum absolute atomic E-state index is 12.1. The number of rotatable bonds is 7. The zero-order chi connectivity index (χ0) is 19.2. The molecular formula is C18H18N4O4S. The van der Waals surface area contributed by atoms with Crippen molar-refractivity contribution in [1.82, 2.24) is 20.1 Å². The third kappa shape index (κ3) is 4.37. The van der Waals surface area contributed by atoms with Gasteiger partial charge in [-0.25, -0.2) is 0 Å². The molecule has 0 aliphatic carbocycles. The molecule has 2 amide bonds. The summed E-state index contributed by atoms with van der Waals surface area (Å²) in [6, 6.07) is 10.1. The van der Waals surface area contributed by atoms with Crippen LogP contribution in [0.2, 0.25) is 0 Å². The summed E-state index contributed by atoms with van der Waals surface area (Å²) >= 11 is 1.20. The molecule has 0 saturated heterocycles. The Kier molecular flexibility index (Phi) is 5.92. The average Bonchev–Trinajstić information content (AvgIpc) is 3.35.